The molecule has 0 aliphatic carbocycles. The van der Waals surface area contributed by atoms with Gasteiger partial charge in [0.15, 0.2) is 0 Å². The van der Waals surface area contributed by atoms with E-state index in [0.717, 1.165) is 0 Å². The van der Waals surface area contributed by atoms with Crippen LogP contribution >= 0.6 is 7.91 Å². The van der Waals surface area contributed by atoms with E-state index in [9.17, 15) is 4.20 Å². The summed E-state index contributed by atoms with van der Waals surface area (Å²) in [6.07, 6.45) is 0. The predicted molar refractivity (Wildman–Crippen MR) is 30.0 cm³/mol. The molecule has 0 saturated carbocycles. The molecule has 0 aliphatic heterocycles. The van der Waals surface area contributed by atoms with Crippen LogP contribution in [0.25, 0.3) is 0 Å². The van der Waals surface area contributed by atoms with Crippen molar-refractivity contribution in [2.75, 3.05) is 0 Å². The maximum atomic E-state index is 10.4. The van der Waals surface area contributed by atoms with Crippen molar-refractivity contribution in [1.29, 1.82) is 0 Å². The van der Waals surface area contributed by atoms with Gasteiger partial charge in [0.05, 0.1) is 0 Å². The van der Waals surface area contributed by atoms with Gasteiger partial charge in [0.2, 0.25) is 0 Å². The Labute approximate surface area is 89.3 Å². The van der Waals surface area contributed by atoms with Gasteiger partial charge >= 0.3 is 67.0 Å². The van der Waals surface area contributed by atoms with Crippen LogP contribution in [-0.2, 0) is 4.57 Å². The molecule has 0 aromatic heterocycles. The fourth-order valence-electron chi connectivity index (χ4n) is 0. The SMILES string of the molecule is F.O=P(O)(O)F.[NaH].[NaH]. The second kappa shape index (κ2) is 9.01. The number of rotatable bonds is 0. The average molecular weight is 168 g/mol. The van der Waals surface area contributed by atoms with Crippen molar-refractivity contribution in [3.63, 3.8) is 0 Å². The summed E-state index contributed by atoms with van der Waals surface area (Å²) in [5, 5.41) is 0. The van der Waals surface area contributed by atoms with E-state index in [2.05, 4.69) is 0 Å². The van der Waals surface area contributed by atoms with Crippen LogP contribution in [0.5, 0.6) is 0 Å². The van der Waals surface area contributed by atoms with Crippen LogP contribution < -0.4 is 0 Å². The molecule has 0 heterocycles. The minimum atomic E-state index is -5.14. The molecule has 2 N–H and O–H groups in total. The van der Waals surface area contributed by atoms with Crippen LogP contribution in [0.15, 0.2) is 0 Å². The van der Waals surface area contributed by atoms with Gasteiger partial charge in [-0.05, 0) is 0 Å². The van der Waals surface area contributed by atoms with E-state index in [0.29, 0.717) is 0 Å². The van der Waals surface area contributed by atoms with Gasteiger partial charge in [0.1, 0.15) is 0 Å². The summed E-state index contributed by atoms with van der Waals surface area (Å²) in [6, 6.07) is 0. The molecule has 8 heavy (non-hydrogen) atoms. The summed E-state index contributed by atoms with van der Waals surface area (Å²) in [6.45, 7) is 0. The topological polar surface area (TPSA) is 57.5 Å². The van der Waals surface area contributed by atoms with Crippen LogP contribution in [0.3, 0.4) is 0 Å². The summed E-state index contributed by atoms with van der Waals surface area (Å²) >= 11 is 0. The summed E-state index contributed by atoms with van der Waals surface area (Å²) in [5.74, 6) is 0. The van der Waals surface area contributed by atoms with Crippen molar-refractivity contribution < 1.29 is 23.3 Å². The van der Waals surface area contributed by atoms with Gasteiger partial charge in [0.25, 0.3) is 0 Å². The van der Waals surface area contributed by atoms with E-state index in [-0.39, 0.29) is 63.8 Å². The molecule has 0 bridgehead atoms. The second-order valence-electron chi connectivity index (χ2n) is 0.473. The van der Waals surface area contributed by atoms with Crippen molar-refractivity contribution in [1.82, 2.24) is 0 Å². The number of halogens is 2. The zero-order chi connectivity index (χ0) is 4.50. The zero-order valence-electron chi connectivity index (χ0n) is 2.54. The Morgan fingerprint density at radius 1 is 1.25 bits per heavy atom. The standard InChI is InChI=1S/FH2O3P.FH.2Na.2H/c1-5(2,3)4;;;;;/h(H2,2,3,4);1H;;;;. The molecular formula is H5F2Na2O3P. The molecule has 0 aliphatic rings. The van der Waals surface area contributed by atoms with Crippen molar-refractivity contribution in [3.05, 3.63) is 0 Å². The average Bonchev–Trinajstić information content (AvgIpc) is 0.722. The quantitative estimate of drug-likeness (QED) is 0.356. The molecular weight excluding hydrogens is 163 g/mol. The first-order chi connectivity index (χ1) is 2.00. The van der Waals surface area contributed by atoms with Crippen LogP contribution in [0.1, 0.15) is 0 Å². The molecule has 0 aromatic carbocycles. The van der Waals surface area contributed by atoms with Gasteiger partial charge in [-0.25, -0.2) is 4.57 Å². The van der Waals surface area contributed by atoms with Crippen molar-refractivity contribution in [2.24, 2.45) is 0 Å². The molecule has 0 unspecified atom stereocenters. The third kappa shape index (κ3) is 97.4. The Hall–Kier alpha value is 2.01. The van der Waals surface area contributed by atoms with E-state index in [1.807, 2.05) is 0 Å². The summed E-state index contributed by atoms with van der Waals surface area (Å²) in [7, 11) is -5.14. The fourth-order valence-corrected chi connectivity index (χ4v) is 0. The van der Waals surface area contributed by atoms with Crippen molar-refractivity contribution in [2.45, 2.75) is 0 Å². The van der Waals surface area contributed by atoms with Gasteiger partial charge in [-0.3, -0.25) is 14.5 Å². The Morgan fingerprint density at radius 2 is 1.25 bits per heavy atom. The van der Waals surface area contributed by atoms with E-state index in [1.54, 1.807) is 0 Å². The molecule has 0 rings (SSSR count). The van der Waals surface area contributed by atoms with Crippen LogP contribution in [-0.4, -0.2) is 68.9 Å². The molecule has 44 valence electrons. The number of hydrogen-bond donors (Lipinski definition) is 2. The van der Waals surface area contributed by atoms with Gasteiger partial charge in [0, 0.05) is 0 Å². The molecule has 0 fully saturated rings. The van der Waals surface area contributed by atoms with E-state index < -0.39 is 7.91 Å². The molecule has 0 spiro atoms. The monoisotopic (exact) mass is 168 g/mol. The molecule has 0 saturated heterocycles. The van der Waals surface area contributed by atoms with Crippen molar-refractivity contribution >= 4 is 67.0 Å². The van der Waals surface area contributed by atoms with Crippen LogP contribution in [0, 0.1) is 0 Å². The summed E-state index contributed by atoms with van der Waals surface area (Å²) < 4.78 is 19.0. The van der Waals surface area contributed by atoms with E-state index in [4.69, 9.17) is 14.4 Å². The molecule has 0 amide bonds. The molecule has 3 nitrogen and oxygen atoms in total. The normalized spacial score (nSPS) is 7.38. The van der Waals surface area contributed by atoms with Gasteiger partial charge in [-0.1, -0.05) is 0 Å². The zero-order valence-corrected chi connectivity index (χ0v) is 3.43. The Kier molecular flexibility index (Phi) is 25.3. The fraction of sp³-hybridized carbons (Fsp3) is 0. The molecule has 8 heteroatoms. The first-order valence-electron chi connectivity index (χ1n) is 0.752. The van der Waals surface area contributed by atoms with Gasteiger partial charge < -0.3 is 0 Å². The first kappa shape index (κ1) is 22.5. The Morgan fingerprint density at radius 3 is 1.25 bits per heavy atom. The van der Waals surface area contributed by atoms with Gasteiger partial charge in [-0.2, -0.15) is 0 Å². The minimum absolute atomic E-state index is 0. The number of hydrogen-bond acceptors (Lipinski definition) is 1. The predicted octanol–water partition coefficient (Wildman–Crippen LogP) is -1.10. The summed E-state index contributed by atoms with van der Waals surface area (Å²) in [4.78, 5) is 13.9. The van der Waals surface area contributed by atoms with Crippen LogP contribution in [0.4, 0.5) is 8.90 Å². The summed E-state index contributed by atoms with van der Waals surface area (Å²) in [5.41, 5.74) is 0. The third-order valence-corrected chi connectivity index (χ3v) is 0. The van der Waals surface area contributed by atoms with E-state index >= 15 is 0 Å². The van der Waals surface area contributed by atoms with Gasteiger partial charge in [-0.15, -0.1) is 4.20 Å². The van der Waals surface area contributed by atoms with Crippen LogP contribution in [0.2, 0.25) is 0 Å². The molecule has 0 aromatic rings. The first-order valence-corrected chi connectivity index (χ1v) is 2.25. The Bertz CT molecular complexity index is 61.4. The molecule has 0 radical (unpaired) electrons. The maximum absolute atomic E-state index is 10.4. The molecule has 0 atom stereocenters. The Balaban J connectivity index is -0.0000000267. The second-order valence-corrected chi connectivity index (χ2v) is 1.42. The van der Waals surface area contributed by atoms with Crippen molar-refractivity contribution in [3.8, 4) is 0 Å². The third-order valence-electron chi connectivity index (χ3n) is 0. The van der Waals surface area contributed by atoms with E-state index in [1.165, 1.54) is 0 Å².